The Morgan fingerprint density at radius 1 is 1.05 bits per heavy atom. The van der Waals surface area contributed by atoms with E-state index in [0.29, 0.717) is 6.61 Å². The smallest absolute Gasteiger partial charge is 0.115 e. The summed E-state index contributed by atoms with van der Waals surface area (Å²) in [6, 6.07) is 0. The number of hydrogen-bond donors (Lipinski definition) is 3. The Morgan fingerprint density at radius 3 is 2.36 bits per heavy atom. The van der Waals surface area contributed by atoms with Crippen LogP contribution in [0.4, 0.5) is 0 Å². The molecule has 0 aromatic heterocycles. The number of aliphatic hydroxyl groups excluding tert-OH is 3. The Labute approximate surface area is 130 Å². The molecule has 1 radical (unpaired) electrons. The van der Waals surface area contributed by atoms with Gasteiger partial charge in [-0.15, -0.1) is 0 Å². The van der Waals surface area contributed by atoms with Gasteiger partial charge in [0.1, 0.15) is 24.4 Å². The van der Waals surface area contributed by atoms with Crippen molar-refractivity contribution in [2.45, 2.75) is 24.4 Å². The van der Waals surface area contributed by atoms with Gasteiger partial charge in [0, 0.05) is 6.61 Å². The third-order valence-corrected chi connectivity index (χ3v) is 3.18. The predicted octanol–water partition coefficient (Wildman–Crippen LogP) is -1.63. The Kier molecular flexibility index (Phi) is 10.9. The van der Waals surface area contributed by atoms with Crippen LogP contribution in [-0.2, 0) is 23.7 Å². The molecular formula is C14H27O8. The molecule has 8 heteroatoms. The van der Waals surface area contributed by atoms with Crippen LogP contribution in [-0.4, -0.2) is 99.2 Å². The lowest BCUT2D eigenvalue weighted by atomic mass is 10.1. The van der Waals surface area contributed by atoms with Crippen molar-refractivity contribution in [1.29, 1.82) is 0 Å². The number of rotatable bonds is 13. The second kappa shape index (κ2) is 12.1. The van der Waals surface area contributed by atoms with Gasteiger partial charge in [-0.2, -0.15) is 0 Å². The lowest BCUT2D eigenvalue weighted by Gasteiger charge is -2.29. The first-order valence-electron chi connectivity index (χ1n) is 7.44. The predicted molar refractivity (Wildman–Crippen MR) is 76.4 cm³/mol. The number of hydrogen-bond acceptors (Lipinski definition) is 8. The zero-order valence-electron chi connectivity index (χ0n) is 12.8. The van der Waals surface area contributed by atoms with Gasteiger partial charge in [0.25, 0.3) is 0 Å². The molecule has 1 saturated heterocycles. The summed E-state index contributed by atoms with van der Waals surface area (Å²) in [6.07, 6.45) is -1.70. The first-order chi connectivity index (χ1) is 10.8. The van der Waals surface area contributed by atoms with E-state index in [4.69, 9.17) is 39.0 Å². The quantitative estimate of drug-likeness (QED) is 0.371. The average Bonchev–Trinajstić information content (AvgIpc) is 2.93. The zero-order valence-corrected chi connectivity index (χ0v) is 12.8. The molecule has 0 aromatic carbocycles. The van der Waals surface area contributed by atoms with Crippen LogP contribution in [0.5, 0.6) is 0 Å². The summed E-state index contributed by atoms with van der Waals surface area (Å²) >= 11 is 0. The van der Waals surface area contributed by atoms with Crippen molar-refractivity contribution in [1.82, 2.24) is 0 Å². The highest BCUT2D eigenvalue weighted by Crippen LogP contribution is 2.25. The summed E-state index contributed by atoms with van der Waals surface area (Å²) < 4.78 is 27.7. The standard InChI is InChI=1S/C14H27O8/c1-2-18-9-11(19-6-3-15)14-13(21-8-5-17)12(10-22-14)20-7-4-16/h11-17H,1-10H2. The molecule has 0 aromatic rings. The van der Waals surface area contributed by atoms with Gasteiger partial charge < -0.3 is 39.0 Å². The Balaban J connectivity index is 2.67. The Morgan fingerprint density at radius 2 is 1.73 bits per heavy atom. The van der Waals surface area contributed by atoms with Crippen molar-refractivity contribution in [3.8, 4) is 0 Å². The topological polar surface area (TPSA) is 107 Å². The van der Waals surface area contributed by atoms with Crippen LogP contribution in [0.25, 0.3) is 0 Å². The van der Waals surface area contributed by atoms with E-state index in [1.54, 1.807) is 0 Å². The van der Waals surface area contributed by atoms with Gasteiger partial charge in [0.05, 0.1) is 52.9 Å². The molecule has 22 heavy (non-hydrogen) atoms. The zero-order chi connectivity index (χ0) is 16.2. The van der Waals surface area contributed by atoms with Gasteiger partial charge >= 0.3 is 0 Å². The van der Waals surface area contributed by atoms with Crippen LogP contribution in [0.3, 0.4) is 0 Å². The first kappa shape index (κ1) is 19.7. The molecule has 1 heterocycles. The second-order valence-electron chi connectivity index (χ2n) is 4.70. The van der Waals surface area contributed by atoms with Crippen LogP contribution in [0.1, 0.15) is 0 Å². The van der Waals surface area contributed by atoms with E-state index in [1.165, 1.54) is 0 Å². The molecule has 1 aliphatic rings. The van der Waals surface area contributed by atoms with E-state index in [0.717, 1.165) is 0 Å². The lowest BCUT2D eigenvalue weighted by Crippen LogP contribution is -2.45. The van der Waals surface area contributed by atoms with E-state index >= 15 is 0 Å². The van der Waals surface area contributed by atoms with Crippen molar-refractivity contribution in [3.63, 3.8) is 0 Å². The average molecular weight is 323 g/mol. The molecule has 1 rings (SSSR count). The molecule has 0 spiro atoms. The van der Waals surface area contributed by atoms with Crippen LogP contribution >= 0.6 is 0 Å². The van der Waals surface area contributed by atoms with Gasteiger partial charge in [-0.05, 0) is 6.92 Å². The fraction of sp³-hybridized carbons (Fsp3) is 0.929. The number of ether oxygens (including phenoxy) is 5. The molecule has 4 atom stereocenters. The maximum atomic E-state index is 8.95. The molecular weight excluding hydrogens is 296 g/mol. The third kappa shape index (κ3) is 6.43. The van der Waals surface area contributed by atoms with Gasteiger partial charge in [0.2, 0.25) is 0 Å². The van der Waals surface area contributed by atoms with Crippen molar-refractivity contribution in [2.24, 2.45) is 0 Å². The molecule has 1 fully saturated rings. The summed E-state index contributed by atoms with van der Waals surface area (Å²) in [5.74, 6) is 0. The van der Waals surface area contributed by atoms with Gasteiger partial charge in [-0.1, -0.05) is 0 Å². The third-order valence-electron chi connectivity index (χ3n) is 3.18. The maximum Gasteiger partial charge on any atom is 0.115 e. The molecule has 8 nitrogen and oxygen atoms in total. The summed E-state index contributed by atoms with van der Waals surface area (Å²) in [5.41, 5.74) is 0. The van der Waals surface area contributed by atoms with Gasteiger partial charge in [-0.3, -0.25) is 0 Å². The summed E-state index contributed by atoms with van der Waals surface area (Å²) in [7, 11) is 0. The molecule has 131 valence electrons. The van der Waals surface area contributed by atoms with Gasteiger partial charge in [0.15, 0.2) is 0 Å². The summed E-state index contributed by atoms with van der Waals surface area (Å²) in [6.45, 7) is 4.59. The van der Waals surface area contributed by atoms with E-state index in [9.17, 15) is 0 Å². The summed E-state index contributed by atoms with van der Waals surface area (Å²) in [4.78, 5) is 0. The molecule has 0 saturated carbocycles. The monoisotopic (exact) mass is 323 g/mol. The van der Waals surface area contributed by atoms with Crippen molar-refractivity contribution in [2.75, 3.05) is 59.5 Å². The lowest BCUT2D eigenvalue weighted by molar-refractivity contribution is -0.133. The minimum atomic E-state index is -0.451. The molecule has 3 N–H and O–H groups in total. The fourth-order valence-corrected chi connectivity index (χ4v) is 2.31. The number of aliphatic hydroxyl groups is 3. The van der Waals surface area contributed by atoms with E-state index in [-0.39, 0.29) is 59.0 Å². The SMILES string of the molecule is [CH2]COCC(OCCO)C1OCC(OCCO)C1OCCO. The van der Waals surface area contributed by atoms with Gasteiger partial charge in [-0.25, -0.2) is 0 Å². The highest BCUT2D eigenvalue weighted by atomic mass is 16.6. The normalized spacial score (nSPS) is 26.5. The van der Waals surface area contributed by atoms with E-state index in [1.807, 2.05) is 0 Å². The molecule has 0 bridgehead atoms. The van der Waals surface area contributed by atoms with Crippen molar-refractivity contribution >= 4 is 0 Å². The highest BCUT2D eigenvalue weighted by Gasteiger charge is 2.43. The highest BCUT2D eigenvalue weighted by molar-refractivity contribution is 4.91. The van der Waals surface area contributed by atoms with Crippen LogP contribution in [0.2, 0.25) is 0 Å². The minimum Gasteiger partial charge on any atom is -0.394 e. The second-order valence-corrected chi connectivity index (χ2v) is 4.70. The van der Waals surface area contributed by atoms with E-state index in [2.05, 4.69) is 6.92 Å². The van der Waals surface area contributed by atoms with Crippen LogP contribution in [0.15, 0.2) is 0 Å². The fourth-order valence-electron chi connectivity index (χ4n) is 2.31. The van der Waals surface area contributed by atoms with Crippen molar-refractivity contribution < 1.29 is 39.0 Å². The first-order valence-corrected chi connectivity index (χ1v) is 7.44. The molecule has 1 aliphatic heterocycles. The Hall–Kier alpha value is -0.320. The molecule has 4 unspecified atom stereocenters. The van der Waals surface area contributed by atoms with Crippen LogP contribution < -0.4 is 0 Å². The largest absolute Gasteiger partial charge is 0.394 e. The van der Waals surface area contributed by atoms with Crippen LogP contribution in [0, 0.1) is 6.92 Å². The maximum absolute atomic E-state index is 8.95. The molecule has 0 aliphatic carbocycles. The Bertz CT molecular complexity index is 257. The summed E-state index contributed by atoms with van der Waals surface area (Å²) in [5, 5.41) is 26.7. The molecule has 0 amide bonds. The van der Waals surface area contributed by atoms with Crippen molar-refractivity contribution in [3.05, 3.63) is 6.92 Å². The minimum absolute atomic E-state index is 0.0943. The van der Waals surface area contributed by atoms with E-state index < -0.39 is 18.3 Å².